The first-order valence-electron chi connectivity index (χ1n) is 4.70. The number of aromatic nitrogens is 1. The fourth-order valence-corrected chi connectivity index (χ4v) is 1.68. The number of benzene rings is 1. The van der Waals surface area contributed by atoms with Gasteiger partial charge in [-0.05, 0) is 0 Å². The third-order valence-electron chi connectivity index (χ3n) is 2.45. The van der Waals surface area contributed by atoms with Crippen molar-refractivity contribution in [3.05, 3.63) is 18.1 Å². The van der Waals surface area contributed by atoms with E-state index >= 15 is 0 Å². The smallest absolute Gasteiger partial charge is 0.231 e. The van der Waals surface area contributed by atoms with E-state index in [1.54, 1.807) is 0 Å². The molecule has 1 aromatic heterocycles. The van der Waals surface area contributed by atoms with Gasteiger partial charge in [0.25, 0.3) is 0 Å². The number of nitrogens with zero attached hydrogens (tertiary/aromatic N) is 1. The first-order valence-corrected chi connectivity index (χ1v) is 4.70. The summed E-state index contributed by atoms with van der Waals surface area (Å²) in [7, 11) is 0. The van der Waals surface area contributed by atoms with Crippen molar-refractivity contribution in [1.82, 2.24) is 5.16 Å². The molecule has 0 unspecified atom stereocenters. The number of nitrogen functional groups attached to an aromatic ring is 1. The van der Waals surface area contributed by atoms with Crippen molar-refractivity contribution in [3.63, 3.8) is 0 Å². The molecular formula is C10H7FN2O4. The van der Waals surface area contributed by atoms with Crippen LogP contribution in [0.25, 0.3) is 11.1 Å². The topological polar surface area (TPSA) is 90.7 Å². The largest absolute Gasteiger partial charge is 0.505 e. The number of hydrogen-bond donors (Lipinski definition) is 2. The zero-order chi connectivity index (χ0) is 12.0. The second-order valence-electron chi connectivity index (χ2n) is 3.42. The Morgan fingerprint density at radius 3 is 2.94 bits per heavy atom. The van der Waals surface area contributed by atoms with Crippen LogP contribution in [0.5, 0.6) is 17.2 Å². The highest BCUT2D eigenvalue weighted by Crippen LogP contribution is 2.47. The normalized spacial score (nSPS) is 13.0. The number of aromatic hydroxyl groups is 1. The summed E-state index contributed by atoms with van der Waals surface area (Å²) in [5.41, 5.74) is 5.70. The van der Waals surface area contributed by atoms with E-state index < -0.39 is 11.6 Å². The lowest BCUT2D eigenvalue weighted by Crippen LogP contribution is -1.95. The van der Waals surface area contributed by atoms with Crippen molar-refractivity contribution in [3.8, 4) is 28.4 Å². The van der Waals surface area contributed by atoms with Crippen molar-refractivity contribution in [2.75, 3.05) is 12.5 Å². The summed E-state index contributed by atoms with van der Waals surface area (Å²) in [6.45, 7) is -0.0452. The Balaban J connectivity index is 2.33. The van der Waals surface area contributed by atoms with Crippen molar-refractivity contribution in [2.24, 2.45) is 0 Å². The van der Waals surface area contributed by atoms with E-state index in [0.29, 0.717) is 0 Å². The number of halogens is 1. The van der Waals surface area contributed by atoms with Gasteiger partial charge >= 0.3 is 0 Å². The molecule has 1 aliphatic rings. The Morgan fingerprint density at radius 1 is 1.41 bits per heavy atom. The number of hydrogen-bond acceptors (Lipinski definition) is 6. The zero-order valence-corrected chi connectivity index (χ0v) is 8.44. The fraction of sp³-hybridized carbons (Fsp3) is 0.100. The molecule has 3 N–H and O–H groups in total. The van der Waals surface area contributed by atoms with Crippen LogP contribution in [0.2, 0.25) is 0 Å². The van der Waals surface area contributed by atoms with Crippen LogP contribution in [-0.4, -0.2) is 17.1 Å². The van der Waals surface area contributed by atoms with Gasteiger partial charge in [-0.2, -0.15) is 0 Å². The zero-order valence-electron chi connectivity index (χ0n) is 8.44. The van der Waals surface area contributed by atoms with Crippen LogP contribution in [0.1, 0.15) is 0 Å². The average molecular weight is 238 g/mol. The molecule has 2 heterocycles. The average Bonchev–Trinajstić information content (AvgIpc) is 2.89. The molecular weight excluding hydrogens is 231 g/mol. The molecule has 1 aliphatic heterocycles. The molecule has 0 fully saturated rings. The quantitative estimate of drug-likeness (QED) is 0.782. The van der Waals surface area contributed by atoms with Crippen LogP contribution in [0.4, 0.5) is 10.3 Å². The van der Waals surface area contributed by atoms with Crippen molar-refractivity contribution in [1.29, 1.82) is 0 Å². The van der Waals surface area contributed by atoms with Crippen LogP contribution in [-0.2, 0) is 0 Å². The van der Waals surface area contributed by atoms with Gasteiger partial charge in [0.05, 0.1) is 17.3 Å². The molecule has 0 atom stereocenters. The highest BCUT2D eigenvalue weighted by Gasteiger charge is 2.28. The molecule has 0 spiro atoms. The van der Waals surface area contributed by atoms with Crippen molar-refractivity contribution < 1.29 is 23.5 Å². The fourth-order valence-electron chi connectivity index (χ4n) is 1.68. The molecule has 2 aromatic rings. The van der Waals surface area contributed by atoms with Crippen LogP contribution in [0.3, 0.4) is 0 Å². The second kappa shape index (κ2) is 3.27. The summed E-state index contributed by atoms with van der Waals surface area (Å²) in [5, 5.41) is 12.9. The molecule has 0 saturated heterocycles. The van der Waals surface area contributed by atoms with E-state index in [4.69, 9.17) is 15.2 Å². The summed E-state index contributed by atoms with van der Waals surface area (Å²) in [5.74, 6) is -1.05. The van der Waals surface area contributed by atoms with Gasteiger partial charge in [-0.25, -0.2) is 4.39 Å². The molecule has 1 aromatic carbocycles. The molecule has 6 nitrogen and oxygen atoms in total. The van der Waals surface area contributed by atoms with Gasteiger partial charge in [-0.1, -0.05) is 5.16 Å². The predicted octanol–water partition coefficient (Wildman–Crippen LogP) is 1.50. The Kier molecular flexibility index (Phi) is 1.88. The number of fused-ring (bicyclic) bond motifs is 1. The molecule has 0 aliphatic carbocycles. The van der Waals surface area contributed by atoms with Crippen LogP contribution in [0.15, 0.2) is 16.8 Å². The molecule has 88 valence electrons. The van der Waals surface area contributed by atoms with Crippen LogP contribution in [0, 0.1) is 5.82 Å². The molecule has 0 bridgehead atoms. The lowest BCUT2D eigenvalue weighted by Gasteiger charge is -2.07. The molecule has 3 rings (SSSR count). The molecule has 17 heavy (non-hydrogen) atoms. The first-order chi connectivity index (χ1) is 8.18. The van der Waals surface area contributed by atoms with Crippen molar-refractivity contribution >= 4 is 5.88 Å². The predicted molar refractivity (Wildman–Crippen MR) is 54.1 cm³/mol. The Labute approximate surface area is 94.3 Å². The monoisotopic (exact) mass is 238 g/mol. The summed E-state index contributed by atoms with van der Waals surface area (Å²) < 4.78 is 28.8. The Morgan fingerprint density at radius 2 is 2.24 bits per heavy atom. The van der Waals surface area contributed by atoms with Crippen LogP contribution >= 0.6 is 0 Å². The molecule has 0 amide bonds. The van der Waals surface area contributed by atoms with E-state index in [0.717, 1.165) is 6.07 Å². The van der Waals surface area contributed by atoms with Gasteiger partial charge in [0, 0.05) is 6.07 Å². The summed E-state index contributed by atoms with van der Waals surface area (Å²) in [6.07, 6.45) is 1.25. The van der Waals surface area contributed by atoms with Crippen LogP contribution < -0.4 is 15.2 Å². The highest BCUT2D eigenvalue weighted by atomic mass is 19.1. The first kappa shape index (κ1) is 9.76. The van der Waals surface area contributed by atoms with Gasteiger partial charge < -0.3 is 24.8 Å². The van der Waals surface area contributed by atoms with Gasteiger partial charge in [-0.15, -0.1) is 0 Å². The summed E-state index contributed by atoms with van der Waals surface area (Å²) in [6, 6.07) is 1.14. The van der Waals surface area contributed by atoms with E-state index in [1.165, 1.54) is 6.20 Å². The van der Waals surface area contributed by atoms with E-state index in [-0.39, 0.29) is 35.3 Å². The third kappa shape index (κ3) is 1.28. The minimum Gasteiger partial charge on any atom is -0.505 e. The third-order valence-corrected chi connectivity index (χ3v) is 2.45. The van der Waals surface area contributed by atoms with Crippen molar-refractivity contribution in [2.45, 2.75) is 0 Å². The van der Waals surface area contributed by atoms with Gasteiger partial charge in [0.2, 0.25) is 12.7 Å². The number of rotatable bonds is 1. The Hall–Kier alpha value is -2.44. The lowest BCUT2D eigenvalue weighted by molar-refractivity contribution is 0.174. The number of nitrogens with two attached hydrogens (primary N) is 1. The van der Waals surface area contributed by atoms with E-state index in [1.807, 2.05) is 0 Å². The SMILES string of the molecule is Nc1oncc1-c1c(F)c(O)cc2c1OCO2. The van der Waals surface area contributed by atoms with E-state index in [9.17, 15) is 9.50 Å². The van der Waals surface area contributed by atoms with Gasteiger partial charge in [-0.3, -0.25) is 0 Å². The van der Waals surface area contributed by atoms with Gasteiger partial charge in [0.15, 0.2) is 23.1 Å². The number of ether oxygens (including phenoxy) is 2. The minimum atomic E-state index is -0.857. The summed E-state index contributed by atoms with van der Waals surface area (Å²) >= 11 is 0. The lowest BCUT2D eigenvalue weighted by atomic mass is 10.1. The maximum atomic E-state index is 13.9. The number of anilines is 1. The molecule has 0 radical (unpaired) electrons. The summed E-state index contributed by atoms with van der Waals surface area (Å²) in [4.78, 5) is 0. The Bertz CT molecular complexity index is 596. The van der Waals surface area contributed by atoms with E-state index in [2.05, 4.69) is 9.68 Å². The number of phenols is 1. The van der Waals surface area contributed by atoms with Gasteiger partial charge in [0.1, 0.15) is 0 Å². The maximum Gasteiger partial charge on any atom is 0.231 e. The number of phenolic OH excluding ortho intramolecular Hbond substituents is 1. The maximum absolute atomic E-state index is 13.9. The highest BCUT2D eigenvalue weighted by molar-refractivity contribution is 5.81. The second-order valence-corrected chi connectivity index (χ2v) is 3.42. The molecule has 0 saturated carbocycles. The minimum absolute atomic E-state index is 0.0174. The molecule has 7 heteroatoms. The standard InChI is InChI=1S/C10H7FN2O4/c11-8-5(14)1-6-9(16-3-15-6)7(8)4-2-13-17-10(4)12/h1-2,14H,3,12H2.